The molecule has 2 aromatic carbocycles. The van der Waals surface area contributed by atoms with Crippen LogP contribution in [0.25, 0.3) is 16.8 Å². The summed E-state index contributed by atoms with van der Waals surface area (Å²) in [7, 11) is 1.59. The van der Waals surface area contributed by atoms with Crippen LogP contribution in [0, 0.1) is 4.64 Å². The molecular formula is C23H19ClN2O4S2. The highest BCUT2D eigenvalue weighted by molar-refractivity contribution is 7.71. The van der Waals surface area contributed by atoms with Crippen LogP contribution in [0.4, 0.5) is 5.69 Å². The van der Waals surface area contributed by atoms with Gasteiger partial charge < -0.3 is 9.47 Å². The summed E-state index contributed by atoms with van der Waals surface area (Å²) in [5.41, 5.74) is 2.42. The molecule has 0 radical (unpaired) electrons. The number of hydrogen-bond acceptors (Lipinski definition) is 6. The van der Waals surface area contributed by atoms with Gasteiger partial charge >= 0.3 is 0 Å². The molecule has 0 saturated carbocycles. The number of ether oxygens (including phenoxy) is 2. The zero-order valence-corrected chi connectivity index (χ0v) is 20.2. The number of carbonyl (C=O) groups excluding carboxylic acids is 2. The number of rotatable bonds is 4. The predicted octanol–water partition coefficient (Wildman–Crippen LogP) is 5.77. The summed E-state index contributed by atoms with van der Waals surface area (Å²) < 4.78 is 13.7. The van der Waals surface area contributed by atoms with Gasteiger partial charge in [-0.2, -0.15) is 0 Å². The number of nitrogens with zero attached hydrogens (tertiary/aromatic N) is 2. The van der Waals surface area contributed by atoms with Gasteiger partial charge in [0, 0.05) is 16.1 Å². The number of carbonyl (C=O) groups is 2. The molecule has 1 aromatic heterocycles. The lowest BCUT2D eigenvalue weighted by atomic mass is 9.87. The highest BCUT2D eigenvalue weighted by atomic mass is 35.5. The second-order valence-electron chi connectivity index (χ2n) is 8.04. The molecule has 5 rings (SSSR count). The van der Waals surface area contributed by atoms with Gasteiger partial charge in [-0.25, -0.2) is 0 Å². The van der Waals surface area contributed by atoms with E-state index in [4.69, 9.17) is 33.3 Å². The van der Waals surface area contributed by atoms with E-state index in [0.717, 1.165) is 16.0 Å². The van der Waals surface area contributed by atoms with Crippen molar-refractivity contribution in [2.24, 2.45) is 0 Å². The maximum Gasteiger partial charge on any atom is 0.300 e. The van der Waals surface area contributed by atoms with Gasteiger partial charge in [0.25, 0.3) is 11.7 Å². The molecule has 0 N–H and O–H groups in total. The molecule has 1 amide bonds. The summed E-state index contributed by atoms with van der Waals surface area (Å²) in [6.45, 7) is 6.16. The second kappa shape index (κ2) is 7.16. The van der Waals surface area contributed by atoms with Crippen molar-refractivity contribution >= 4 is 52.7 Å². The Kier molecular flexibility index (Phi) is 4.74. The van der Waals surface area contributed by atoms with Crippen LogP contribution in [-0.4, -0.2) is 29.4 Å². The van der Waals surface area contributed by atoms with Crippen LogP contribution >= 0.6 is 35.4 Å². The molecule has 0 unspecified atom stereocenters. The Balaban J connectivity index is 1.87. The normalized spacial score (nSPS) is 15.6. The summed E-state index contributed by atoms with van der Waals surface area (Å²) in [5, 5.41) is 0.554. The zero-order chi connectivity index (χ0) is 22.9. The number of Topliss-reactive ketones (excluding diaryl/α,β-unsaturated/α-hetero) is 1. The molecular weight excluding hydrogens is 468 g/mol. The van der Waals surface area contributed by atoms with Crippen LogP contribution in [0.1, 0.15) is 36.0 Å². The molecule has 3 heterocycles. The molecule has 9 heteroatoms. The molecule has 32 heavy (non-hydrogen) atoms. The van der Waals surface area contributed by atoms with E-state index in [0.29, 0.717) is 44.7 Å². The summed E-state index contributed by atoms with van der Waals surface area (Å²) in [6, 6.07) is 8.85. The first-order valence-electron chi connectivity index (χ1n) is 10.0. The van der Waals surface area contributed by atoms with E-state index in [1.165, 1.54) is 11.5 Å². The number of hydrogen-bond donors (Lipinski definition) is 0. The third-order valence-corrected chi connectivity index (χ3v) is 8.00. The van der Waals surface area contributed by atoms with Crippen LogP contribution in [0.5, 0.6) is 11.5 Å². The maximum absolute atomic E-state index is 13.1. The van der Waals surface area contributed by atoms with Crippen LogP contribution in [0.2, 0.25) is 5.02 Å². The number of benzene rings is 2. The first kappa shape index (κ1) is 21.2. The van der Waals surface area contributed by atoms with E-state index in [1.807, 2.05) is 30.8 Å². The van der Waals surface area contributed by atoms with Crippen molar-refractivity contribution in [2.75, 3.05) is 18.6 Å². The molecule has 2 aliphatic heterocycles. The van der Waals surface area contributed by atoms with Crippen molar-refractivity contribution in [1.82, 2.24) is 3.96 Å². The summed E-state index contributed by atoms with van der Waals surface area (Å²) >= 11 is 13.6. The third kappa shape index (κ3) is 2.73. The zero-order valence-electron chi connectivity index (χ0n) is 17.8. The largest absolute Gasteiger partial charge is 0.495 e. The summed E-state index contributed by atoms with van der Waals surface area (Å²) in [6.07, 6.45) is 0. The number of fused-ring (bicyclic) bond motifs is 2. The molecule has 0 aliphatic carbocycles. The predicted molar refractivity (Wildman–Crippen MR) is 127 cm³/mol. The molecule has 0 saturated heterocycles. The highest BCUT2D eigenvalue weighted by Crippen LogP contribution is 2.55. The second-order valence-corrected chi connectivity index (χ2v) is 9.82. The van der Waals surface area contributed by atoms with Crippen molar-refractivity contribution in [3.05, 3.63) is 50.4 Å². The topological polar surface area (TPSA) is 60.8 Å². The minimum absolute atomic E-state index is 0.349. The van der Waals surface area contributed by atoms with Crippen molar-refractivity contribution in [2.45, 2.75) is 26.3 Å². The van der Waals surface area contributed by atoms with E-state index >= 15 is 0 Å². The van der Waals surface area contributed by atoms with Gasteiger partial charge in [0.1, 0.15) is 21.8 Å². The number of aromatic nitrogens is 1. The summed E-state index contributed by atoms with van der Waals surface area (Å²) in [5.74, 6) is 0.0848. The molecule has 0 fully saturated rings. The fourth-order valence-electron chi connectivity index (χ4n) is 4.43. The van der Waals surface area contributed by atoms with Crippen LogP contribution < -0.4 is 14.4 Å². The van der Waals surface area contributed by atoms with E-state index < -0.39 is 17.2 Å². The molecule has 164 valence electrons. The number of anilines is 1. The minimum atomic E-state index is -0.775. The first-order chi connectivity index (χ1) is 15.2. The first-order valence-corrected chi connectivity index (χ1v) is 11.6. The van der Waals surface area contributed by atoms with E-state index in [1.54, 1.807) is 36.3 Å². The van der Waals surface area contributed by atoms with E-state index in [-0.39, 0.29) is 0 Å². The van der Waals surface area contributed by atoms with Crippen LogP contribution in [-0.2, 0) is 10.3 Å². The van der Waals surface area contributed by atoms with Crippen molar-refractivity contribution < 1.29 is 19.1 Å². The van der Waals surface area contributed by atoms with Crippen molar-refractivity contribution in [3.63, 3.8) is 0 Å². The summed E-state index contributed by atoms with van der Waals surface area (Å²) in [4.78, 5) is 28.4. The average molecular weight is 487 g/mol. The number of methoxy groups -OCH3 is 1. The fourth-order valence-corrected chi connectivity index (χ4v) is 6.29. The molecule has 2 aliphatic rings. The Morgan fingerprint density at radius 1 is 1.16 bits per heavy atom. The Bertz CT molecular complexity index is 1390. The smallest absolute Gasteiger partial charge is 0.300 e. The monoisotopic (exact) mass is 486 g/mol. The van der Waals surface area contributed by atoms with Gasteiger partial charge in [-0.05, 0) is 51.1 Å². The van der Waals surface area contributed by atoms with Gasteiger partial charge in [-0.1, -0.05) is 35.4 Å². The Morgan fingerprint density at radius 2 is 1.88 bits per heavy atom. The van der Waals surface area contributed by atoms with Gasteiger partial charge in [0.15, 0.2) is 0 Å². The van der Waals surface area contributed by atoms with Gasteiger partial charge in [-0.3, -0.25) is 18.4 Å². The molecule has 3 aromatic rings. The lowest BCUT2D eigenvalue weighted by Gasteiger charge is -2.39. The number of amides is 1. The van der Waals surface area contributed by atoms with Gasteiger partial charge in [-0.15, -0.1) is 0 Å². The Hall–Kier alpha value is -2.68. The minimum Gasteiger partial charge on any atom is -0.495 e. The number of ketones is 1. The van der Waals surface area contributed by atoms with E-state index in [2.05, 4.69) is 0 Å². The maximum atomic E-state index is 13.1. The quantitative estimate of drug-likeness (QED) is 0.346. The van der Waals surface area contributed by atoms with E-state index in [9.17, 15) is 9.59 Å². The molecule has 0 atom stereocenters. The van der Waals surface area contributed by atoms with Crippen molar-refractivity contribution in [1.29, 1.82) is 0 Å². The Morgan fingerprint density at radius 3 is 2.56 bits per heavy atom. The molecule has 6 nitrogen and oxygen atoms in total. The average Bonchev–Trinajstić information content (AvgIpc) is 3.23. The molecule has 0 bridgehead atoms. The van der Waals surface area contributed by atoms with Crippen LogP contribution in [0.3, 0.4) is 0 Å². The van der Waals surface area contributed by atoms with Crippen LogP contribution in [0.15, 0.2) is 30.3 Å². The SMILES string of the molecule is CCOc1cc2c3c(c1)-c1c(sn(-c4cc(Cl)ccc4OC)c1=S)C(C)(C)N3C(=O)C2=O. The Labute approximate surface area is 199 Å². The third-order valence-electron chi connectivity index (χ3n) is 5.81. The highest BCUT2D eigenvalue weighted by Gasteiger charge is 2.51. The number of halogens is 1. The lowest BCUT2D eigenvalue weighted by molar-refractivity contribution is -0.115. The lowest BCUT2D eigenvalue weighted by Crippen LogP contribution is -2.46. The van der Waals surface area contributed by atoms with Gasteiger partial charge in [0.05, 0.1) is 35.4 Å². The standard InChI is InChI=1S/C23H19ClN2O4S2/c1-5-30-12-9-13-17-20(23(2,3)25-18(13)14(10-12)19(27)21(25)28)32-26(22(17)31)15-8-11(24)6-7-16(15)29-4/h6-10H,5H2,1-4H3. The molecule has 0 spiro atoms. The van der Waals surface area contributed by atoms with Gasteiger partial charge in [0.2, 0.25) is 0 Å². The van der Waals surface area contributed by atoms with Crippen molar-refractivity contribution in [3.8, 4) is 28.3 Å². The fraction of sp³-hybridized carbons (Fsp3) is 0.261.